The molecule has 0 bridgehead atoms. The van der Waals surface area contributed by atoms with E-state index in [0.29, 0.717) is 23.5 Å². The topological polar surface area (TPSA) is 108 Å². The normalized spacial score (nSPS) is 18.0. The van der Waals surface area contributed by atoms with E-state index in [1.165, 1.54) is 6.92 Å². The number of ether oxygens (including phenoxy) is 1. The van der Waals surface area contributed by atoms with Gasteiger partial charge in [0.15, 0.2) is 5.65 Å². The van der Waals surface area contributed by atoms with Crippen molar-refractivity contribution < 1.29 is 9.53 Å². The molecule has 5 aromatic rings. The van der Waals surface area contributed by atoms with Crippen LogP contribution in [0.1, 0.15) is 49.5 Å². The molecule has 9 heteroatoms. The fourth-order valence-electron chi connectivity index (χ4n) is 4.94. The van der Waals surface area contributed by atoms with Gasteiger partial charge in [0.05, 0.1) is 23.3 Å². The van der Waals surface area contributed by atoms with Crippen molar-refractivity contribution in [2.45, 2.75) is 38.3 Å². The number of benzene rings is 2. The SMILES string of the molecule is CC(=O)OC1CCCC(n2c(=O)[nH]c3cnc(-n4cnc5ccccc54)nc32)c2ccccc21. The molecule has 2 unspecified atom stereocenters. The molecule has 170 valence electrons. The summed E-state index contributed by atoms with van der Waals surface area (Å²) in [6.07, 6.45) is 5.20. The molecule has 0 saturated heterocycles. The first-order chi connectivity index (χ1) is 16.6. The van der Waals surface area contributed by atoms with E-state index in [1.54, 1.807) is 17.1 Å². The van der Waals surface area contributed by atoms with Crippen molar-refractivity contribution in [3.63, 3.8) is 0 Å². The van der Waals surface area contributed by atoms with Crippen LogP contribution in [-0.2, 0) is 9.53 Å². The van der Waals surface area contributed by atoms with Crippen LogP contribution < -0.4 is 5.69 Å². The standard InChI is InChI=1S/C25H22N6O3/c1-15(32)34-22-12-6-11-20(16-7-2-3-8-17(16)22)31-23-19(28-25(31)33)13-26-24(29-23)30-14-27-18-9-4-5-10-21(18)30/h2-5,7-10,13-14,20,22H,6,11-12H2,1H3,(H,28,33). The van der Waals surface area contributed by atoms with E-state index in [1.807, 2.05) is 53.1 Å². The van der Waals surface area contributed by atoms with E-state index in [9.17, 15) is 9.59 Å². The van der Waals surface area contributed by atoms with Gasteiger partial charge in [-0.3, -0.25) is 13.9 Å². The summed E-state index contributed by atoms with van der Waals surface area (Å²) >= 11 is 0. The summed E-state index contributed by atoms with van der Waals surface area (Å²) in [5, 5.41) is 0. The Morgan fingerprint density at radius 2 is 1.85 bits per heavy atom. The number of carbonyl (C=O) groups is 1. The maximum absolute atomic E-state index is 13.2. The molecule has 2 aromatic carbocycles. The number of nitrogens with one attached hydrogen (secondary N) is 1. The van der Waals surface area contributed by atoms with E-state index in [4.69, 9.17) is 9.72 Å². The molecule has 0 saturated carbocycles. The Labute approximate surface area is 194 Å². The highest BCUT2D eigenvalue weighted by atomic mass is 16.5. The highest BCUT2D eigenvalue weighted by Crippen LogP contribution is 2.38. The predicted octanol–water partition coefficient (Wildman–Crippen LogP) is 3.84. The average Bonchev–Trinajstić information content (AvgIpc) is 3.36. The predicted molar refractivity (Wildman–Crippen MR) is 126 cm³/mol. The first kappa shape index (κ1) is 20.3. The molecular formula is C25H22N6O3. The van der Waals surface area contributed by atoms with E-state index in [2.05, 4.69) is 15.0 Å². The van der Waals surface area contributed by atoms with Crippen LogP contribution in [0.4, 0.5) is 0 Å². The van der Waals surface area contributed by atoms with Gasteiger partial charge in [-0.15, -0.1) is 0 Å². The third kappa shape index (κ3) is 3.28. The fourth-order valence-corrected chi connectivity index (χ4v) is 4.94. The van der Waals surface area contributed by atoms with Crippen LogP contribution in [0.3, 0.4) is 0 Å². The molecule has 34 heavy (non-hydrogen) atoms. The van der Waals surface area contributed by atoms with Crippen LogP contribution >= 0.6 is 0 Å². The van der Waals surface area contributed by atoms with Gasteiger partial charge in [-0.05, 0) is 42.5 Å². The van der Waals surface area contributed by atoms with Crippen LogP contribution in [0, 0.1) is 0 Å². The van der Waals surface area contributed by atoms with Gasteiger partial charge in [0.25, 0.3) is 0 Å². The number of esters is 1. The number of carbonyl (C=O) groups excluding carboxylic acids is 1. The lowest BCUT2D eigenvalue weighted by atomic mass is 9.97. The molecule has 9 nitrogen and oxygen atoms in total. The van der Waals surface area contributed by atoms with Crippen molar-refractivity contribution in [3.8, 4) is 5.95 Å². The van der Waals surface area contributed by atoms with Gasteiger partial charge in [-0.25, -0.2) is 14.8 Å². The van der Waals surface area contributed by atoms with E-state index in [0.717, 1.165) is 35.0 Å². The van der Waals surface area contributed by atoms with Crippen LogP contribution in [-0.4, -0.2) is 35.0 Å². The number of aromatic nitrogens is 6. The number of aromatic amines is 1. The number of hydrogen-bond donors (Lipinski definition) is 1. The third-order valence-electron chi connectivity index (χ3n) is 6.38. The number of hydrogen-bond acceptors (Lipinski definition) is 6. The molecule has 0 amide bonds. The van der Waals surface area contributed by atoms with Gasteiger partial charge in [0.2, 0.25) is 5.95 Å². The zero-order valence-corrected chi connectivity index (χ0v) is 18.5. The zero-order chi connectivity index (χ0) is 23.2. The molecule has 0 aliphatic heterocycles. The summed E-state index contributed by atoms with van der Waals surface area (Å²) < 4.78 is 9.14. The van der Waals surface area contributed by atoms with Crippen molar-refractivity contribution in [1.29, 1.82) is 0 Å². The maximum atomic E-state index is 13.2. The summed E-state index contributed by atoms with van der Waals surface area (Å²) in [4.78, 5) is 41.5. The van der Waals surface area contributed by atoms with E-state index < -0.39 is 0 Å². The molecule has 0 fully saturated rings. The Bertz CT molecular complexity index is 1600. The lowest BCUT2D eigenvalue weighted by molar-refractivity contribution is -0.147. The number of para-hydroxylation sites is 2. The molecule has 6 rings (SSSR count). The van der Waals surface area contributed by atoms with E-state index >= 15 is 0 Å². The number of H-pyrrole nitrogens is 1. The fraction of sp³-hybridized carbons (Fsp3) is 0.240. The minimum absolute atomic E-state index is 0.248. The largest absolute Gasteiger partial charge is 0.458 e. The Morgan fingerprint density at radius 3 is 2.71 bits per heavy atom. The Kier molecular flexibility index (Phi) is 4.75. The highest BCUT2D eigenvalue weighted by Gasteiger charge is 2.30. The van der Waals surface area contributed by atoms with Crippen molar-refractivity contribution in [1.82, 2.24) is 29.1 Å². The van der Waals surface area contributed by atoms with Gasteiger partial charge < -0.3 is 9.72 Å². The summed E-state index contributed by atoms with van der Waals surface area (Å²) in [7, 11) is 0. The first-order valence-electron chi connectivity index (χ1n) is 11.3. The van der Waals surface area contributed by atoms with Gasteiger partial charge in [-0.1, -0.05) is 36.4 Å². The number of imidazole rings is 2. The van der Waals surface area contributed by atoms with E-state index in [-0.39, 0.29) is 23.8 Å². The van der Waals surface area contributed by atoms with Gasteiger partial charge in [-0.2, -0.15) is 4.98 Å². The average molecular weight is 454 g/mol. The van der Waals surface area contributed by atoms with Crippen LogP contribution in [0.25, 0.3) is 28.1 Å². The number of fused-ring (bicyclic) bond motifs is 3. The van der Waals surface area contributed by atoms with Crippen LogP contribution in [0.5, 0.6) is 0 Å². The molecular weight excluding hydrogens is 432 g/mol. The van der Waals surface area contributed by atoms with Crippen molar-refractivity contribution in [3.05, 3.63) is 82.7 Å². The van der Waals surface area contributed by atoms with Gasteiger partial charge in [0, 0.05) is 6.92 Å². The van der Waals surface area contributed by atoms with Crippen LogP contribution in [0.2, 0.25) is 0 Å². The molecule has 3 aromatic heterocycles. The smallest absolute Gasteiger partial charge is 0.328 e. The molecule has 3 heterocycles. The lowest BCUT2D eigenvalue weighted by Crippen LogP contribution is -2.24. The minimum Gasteiger partial charge on any atom is -0.458 e. The van der Waals surface area contributed by atoms with Crippen molar-refractivity contribution >= 4 is 28.2 Å². The molecule has 1 N–H and O–H groups in total. The Balaban J connectivity index is 1.51. The zero-order valence-electron chi connectivity index (χ0n) is 18.5. The van der Waals surface area contributed by atoms with Crippen molar-refractivity contribution in [2.24, 2.45) is 0 Å². The number of nitrogens with zero attached hydrogens (tertiary/aromatic N) is 5. The lowest BCUT2D eigenvalue weighted by Gasteiger charge is -2.21. The molecule has 0 radical (unpaired) electrons. The summed E-state index contributed by atoms with van der Waals surface area (Å²) in [5.74, 6) is 0.126. The van der Waals surface area contributed by atoms with Crippen molar-refractivity contribution in [2.75, 3.05) is 0 Å². The third-order valence-corrected chi connectivity index (χ3v) is 6.38. The van der Waals surface area contributed by atoms with Gasteiger partial charge >= 0.3 is 11.7 Å². The summed E-state index contributed by atoms with van der Waals surface area (Å²) in [6.45, 7) is 1.42. The quantitative estimate of drug-likeness (QED) is 0.328. The highest BCUT2D eigenvalue weighted by molar-refractivity contribution is 5.77. The molecule has 1 aliphatic carbocycles. The minimum atomic E-state index is -0.331. The molecule has 0 spiro atoms. The van der Waals surface area contributed by atoms with Crippen LogP contribution in [0.15, 0.2) is 65.8 Å². The second-order valence-corrected chi connectivity index (χ2v) is 8.48. The molecule has 2 atom stereocenters. The molecule has 1 aliphatic rings. The number of rotatable bonds is 3. The first-order valence-corrected chi connectivity index (χ1v) is 11.3. The van der Waals surface area contributed by atoms with Gasteiger partial charge in [0.1, 0.15) is 17.9 Å². The second kappa shape index (κ2) is 7.95. The monoisotopic (exact) mass is 454 g/mol. The Morgan fingerprint density at radius 1 is 1.06 bits per heavy atom. The second-order valence-electron chi connectivity index (χ2n) is 8.48. The Hall–Kier alpha value is -4.27. The summed E-state index contributed by atoms with van der Waals surface area (Å²) in [6, 6.07) is 15.3. The maximum Gasteiger partial charge on any atom is 0.328 e. The summed E-state index contributed by atoms with van der Waals surface area (Å²) in [5.41, 5.74) is 4.46.